The number of aliphatic hydroxyl groups is 1. The van der Waals surface area contributed by atoms with E-state index in [1.807, 2.05) is 26.0 Å². The van der Waals surface area contributed by atoms with Crippen LogP contribution in [0.15, 0.2) is 41.3 Å². The molecule has 0 saturated heterocycles. The Kier molecular flexibility index (Phi) is 7.86. The third-order valence-electron chi connectivity index (χ3n) is 4.68. The van der Waals surface area contributed by atoms with Crippen molar-refractivity contribution in [2.24, 2.45) is 5.92 Å². The van der Waals surface area contributed by atoms with Crippen LogP contribution in [-0.4, -0.2) is 32.1 Å². The number of carbonyl (C=O) groups excluding carboxylic acids is 1. The van der Waals surface area contributed by atoms with Gasteiger partial charge in [-0.1, -0.05) is 26.8 Å². The molecule has 0 radical (unpaired) electrons. The van der Waals surface area contributed by atoms with E-state index in [-0.39, 0.29) is 23.2 Å². The molecule has 0 aliphatic heterocycles. The number of benzene rings is 2. The summed E-state index contributed by atoms with van der Waals surface area (Å²) in [6.07, 6.45) is -0.373. The van der Waals surface area contributed by atoms with Crippen molar-refractivity contribution in [2.75, 3.05) is 16.6 Å². The number of aryl methyl sites for hydroxylation is 2. The minimum Gasteiger partial charge on any atom is -0.492 e. The summed E-state index contributed by atoms with van der Waals surface area (Å²) in [6.45, 7) is 9.44. The molecule has 2 aromatic carbocycles. The zero-order valence-electron chi connectivity index (χ0n) is 18.0. The van der Waals surface area contributed by atoms with Gasteiger partial charge in [0.15, 0.2) is 0 Å². The molecular formula is C22H30N2O5S. The molecule has 0 heterocycles. The topological polar surface area (TPSA) is 105 Å². The minimum absolute atomic E-state index is 0.0367. The van der Waals surface area contributed by atoms with Gasteiger partial charge in [-0.25, -0.2) is 8.42 Å². The number of sulfonamides is 1. The van der Waals surface area contributed by atoms with E-state index in [2.05, 4.69) is 10.0 Å². The Hall–Kier alpha value is -2.58. The molecule has 8 heteroatoms. The summed E-state index contributed by atoms with van der Waals surface area (Å²) >= 11 is 0. The molecule has 1 amide bonds. The van der Waals surface area contributed by atoms with E-state index >= 15 is 0 Å². The third kappa shape index (κ3) is 5.73. The van der Waals surface area contributed by atoms with Gasteiger partial charge in [-0.05, 0) is 61.6 Å². The standard InChI is InChI=1S/C22H30N2O5S/c1-6-16-12-18(9-8-15(16)5)24-30(27,28)20-11-10-17(13-19(20)29-7-2)23-22(26)21(25)14(3)4/h8-14,21,24-25H,6-7H2,1-5H3,(H,23,26)/t21-/m0/s1. The van der Waals surface area contributed by atoms with Gasteiger partial charge in [0.25, 0.3) is 15.9 Å². The van der Waals surface area contributed by atoms with Gasteiger partial charge in [-0.2, -0.15) is 0 Å². The molecule has 0 aromatic heterocycles. The summed E-state index contributed by atoms with van der Waals surface area (Å²) in [5.41, 5.74) is 2.96. The van der Waals surface area contributed by atoms with Crippen LogP contribution in [0.4, 0.5) is 11.4 Å². The van der Waals surface area contributed by atoms with Crippen molar-refractivity contribution in [2.45, 2.75) is 52.0 Å². The number of aliphatic hydroxyl groups excluding tert-OH is 1. The summed E-state index contributed by atoms with van der Waals surface area (Å²) in [5.74, 6) is -0.694. The Morgan fingerprint density at radius 1 is 1.10 bits per heavy atom. The van der Waals surface area contributed by atoms with Crippen LogP contribution < -0.4 is 14.8 Å². The first-order valence-electron chi connectivity index (χ1n) is 9.97. The van der Waals surface area contributed by atoms with E-state index in [0.29, 0.717) is 11.4 Å². The number of hydrogen-bond acceptors (Lipinski definition) is 5. The highest BCUT2D eigenvalue weighted by atomic mass is 32.2. The lowest BCUT2D eigenvalue weighted by Crippen LogP contribution is -2.31. The molecular weight excluding hydrogens is 404 g/mol. The maximum absolute atomic E-state index is 13.0. The summed E-state index contributed by atoms with van der Waals surface area (Å²) in [6, 6.07) is 9.69. The van der Waals surface area contributed by atoms with Crippen molar-refractivity contribution in [3.05, 3.63) is 47.5 Å². The largest absolute Gasteiger partial charge is 0.492 e. The number of nitrogens with one attached hydrogen (secondary N) is 2. The lowest BCUT2D eigenvalue weighted by Gasteiger charge is -2.17. The Morgan fingerprint density at radius 2 is 1.77 bits per heavy atom. The number of ether oxygens (including phenoxy) is 1. The molecule has 0 unspecified atom stereocenters. The molecule has 0 spiro atoms. The molecule has 0 fully saturated rings. The van der Waals surface area contributed by atoms with Gasteiger partial charge in [0, 0.05) is 17.4 Å². The predicted molar refractivity (Wildman–Crippen MR) is 118 cm³/mol. The molecule has 30 heavy (non-hydrogen) atoms. The molecule has 164 valence electrons. The van der Waals surface area contributed by atoms with Gasteiger partial charge < -0.3 is 15.2 Å². The number of hydrogen-bond donors (Lipinski definition) is 3. The quantitative estimate of drug-likeness (QED) is 0.558. The highest BCUT2D eigenvalue weighted by Gasteiger charge is 2.23. The molecule has 2 aromatic rings. The Balaban J connectivity index is 2.34. The fraction of sp³-hybridized carbons (Fsp3) is 0.409. The first-order valence-corrected chi connectivity index (χ1v) is 11.5. The average Bonchev–Trinajstić information content (AvgIpc) is 2.68. The van der Waals surface area contributed by atoms with Crippen LogP contribution >= 0.6 is 0 Å². The first kappa shape index (κ1) is 23.7. The summed E-state index contributed by atoms with van der Waals surface area (Å²) in [4.78, 5) is 12.1. The molecule has 3 N–H and O–H groups in total. The second kappa shape index (κ2) is 9.95. The normalized spacial score (nSPS) is 12.5. The van der Waals surface area contributed by atoms with Crippen LogP contribution in [0, 0.1) is 12.8 Å². The molecule has 0 saturated carbocycles. The molecule has 1 atom stereocenters. The van der Waals surface area contributed by atoms with Gasteiger partial charge in [0.05, 0.1) is 6.61 Å². The van der Waals surface area contributed by atoms with Crippen LogP contribution in [0.2, 0.25) is 0 Å². The summed E-state index contributed by atoms with van der Waals surface area (Å²) in [5, 5.41) is 12.5. The predicted octanol–water partition coefficient (Wildman–Crippen LogP) is 3.71. The van der Waals surface area contributed by atoms with E-state index in [0.717, 1.165) is 17.5 Å². The van der Waals surface area contributed by atoms with Crippen molar-refractivity contribution in [3.8, 4) is 5.75 Å². The molecule has 2 rings (SSSR count). The average molecular weight is 435 g/mol. The maximum atomic E-state index is 13.0. The van der Waals surface area contributed by atoms with Crippen molar-refractivity contribution in [1.82, 2.24) is 0 Å². The van der Waals surface area contributed by atoms with Crippen LogP contribution in [0.3, 0.4) is 0 Å². The molecule has 7 nitrogen and oxygen atoms in total. The molecule has 0 aliphatic rings. The Morgan fingerprint density at radius 3 is 2.37 bits per heavy atom. The zero-order chi connectivity index (χ0) is 22.5. The fourth-order valence-corrected chi connectivity index (χ4v) is 4.10. The van der Waals surface area contributed by atoms with E-state index in [9.17, 15) is 18.3 Å². The van der Waals surface area contributed by atoms with Gasteiger partial charge in [0.1, 0.15) is 16.7 Å². The first-order chi connectivity index (χ1) is 14.1. The van der Waals surface area contributed by atoms with E-state index in [1.165, 1.54) is 18.2 Å². The monoisotopic (exact) mass is 434 g/mol. The van der Waals surface area contributed by atoms with Crippen LogP contribution in [0.25, 0.3) is 0 Å². The molecule has 0 aliphatic carbocycles. The van der Waals surface area contributed by atoms with Gasteiger partial charge >= 0.3 is 0 Å². The SMILES string of the molecule is CCOc1cc(NC(=O)[C@@H](O)C(C)C)ccc1S(=O)(=O)Nc1ccc(C)c(CC)c1. The number of amides is 1. The van der Waals surface area contributed by atoms with E-state index in [1.54, 1.807) is 26.8 Å². The maximum Gasteiger partial charge on any atom is 0.265 e. The number of anilines is 2. The van der Waals surface area contributed by atoms with Gasteiger partial charge in [-0.15, -0.1) is 0 Å². The van der Waals surface area contributed by atoms with Gasteiger partial charge in [0.2, 0.25) is 0 Å². The summed E-state index contributed by atoms with van der Waals surface area (Å²) < 4.78 is 34.1. The third-order valence-corrected chi connectivity index (χ3v) is 6.10. The minimum atomic E-state index is -3.92. The summed E-state index contributed by atoms with van der Waals surface area (Å²) in [7, 11) is -3.92. The lowest BCUT2D eigenvalue weighted by atomic mass is 10.1. The van der Waals surface area contributed by atoms with Crippen molar-refractivity contribution >= 4 is 27.3 Å². The molecule has 0 bridgehead atoms. The zero-order valence-corrected chi connectivity index (χ0v) is 18.8. The van der Waals surface area contributed by atoms with E-state index in [4.69, 9.17) is 4.74 Å². The Bertz CT molecular complexity index is 1000. The fourth-order valence-electron chi connectivity index (χ4n) is 2.92. The second-order valence-corrected chi connectivity index (χ2v) is 9.02. The Labute approximate surface area is 178 Å². The number of rotatable bonds is 9. The van der Waals surface area contributed by atoms with Crippen LogP contribution in [0.5, 0.6) is 5.75 Å². The number of carbonyl (C=O) groups is 1. The van der Waals surface area contributed by atoms with Gasteiger partial charge in [-0.3, -0.25) is 9.52 Å². The van der Waals surface area contributed by atoms with Crippen LogP contribution in [-0.2, 0) is 21.2 Å². The smallest absolute Gasteiger partial charge is 0.265 e. The van der Waals surface area contributed by atoms with Crippen molar-refractivity contribution in [1.29, 1.82) is 0 Å². The highest BCUT2D eigenvalue weighted by Crippen LogP contribution is 2.30. The van der Waals surface area contributed by atoms with Crippen molar-refractivity contribution in [3.63, 3.8) is 0 Å². The lowest BCUT2D eigenvalue weighted by molar-refractivity contribution is -0.125. The van der Waals surface area contributed by atoms with Crippen molar-refractivity contribution < 1.29 is 23.1 Å². The highest BCUT2D eigenvalue weighted by molar-refractivity contribution is 7.92. The van der Waals surface area contributed by atoms with Crippen LogP contribution in [0.1, 0.15) is 38.8 Å². The second-order valence-electron chi connectivity index (χ2n) is 7.37. The van der Waals surface area contributed by atoms with E-state index < -0.39 is 22.0 Å².